The van der Waals surface area contributed by atoms with Crippen molar-refractivity contribution < 1.29 is 8.78 Å². The van der Waals surface area contributed by atoms with Crippen molar-refractivity contribution in [1.29, 1.82) is 0 Å². The number of hydrogen-bond acceptors (Lipinski definition) is 2. The third-order valence-corrected chi connectivity index (χ3v) is 3.33. The number of benzene rings is 2. The Labute approximate surface area is 124 Å². The van der Waals surface area contributed by atoms with Gasteiger partial charge >= 0.3 is 0 Å². The maximum Gasteiger partial charge on any atom is 0.146 e. The minimum atomic E-state index is -0.306. The van der Waals surface area contributed by atoms with Gasteiger partial charge in [0.25, 0.3) is 0 Å². The zero-order valence-corrected chi connectivity index (χ0v) is 12.3. The zero-order chi connectivity index (χ0) is 15.4. The van der Waals surface area contributed by atoms with Crippen LogP contribution in [0.1, 0.15) is 19.4 Å². The number of nitrogens with zero attached hydrogens (tertiary/aromatic N) is 1. The second kappa shape index (κ2) is 6.68. The van der Waals surface area contributed by atoms with Crippen LogP contribution in [0.25, 0.3) is 0 Å². The van der Waals surface area contributed by atoms with Crippen molar-refractivity contribution in [2.75, 3.05) is 11.4 Å². The van der Waals surface area contributed by atoms with Crippen LogP contribution >= 0.6 is 0 Å². The van der Waals surface area contributed by atoms with E-state index in [9.17, 15) is 8.78 Å². The number of nitrogens with two attached hydrogens (primary N) is 1. The first-order chi connectivity index (χ1) is 10.0. The van der Waals surface area contributed by atoms with E-state index in [1.54, 1.807) is 24.3 Å². The van der Waals surface area contributed by atoms with Crippen molar-refractivity contribution >= 4 is 11.4 Å². The Kier molecular flexibility index (Phi) is 4.91. The third kappa shape index (κ3) is 3.58. The van der Waals surface area contributed by atoms with Crippen LogP contribution in [0.4, 0.5) is 20.2 Å². The molecule has 2 aromatic carbocycles. The molecule has 0 aliphatic heterocycles. The van der Waals surface area contributed by atoms with Crippen LogP contribution in [-0.2, 0) is 6.42 Å². The molecule has 0 heterocycles. The molecule has 0 radical (unpaired) electrons. The molecule has 2 nitrogen and oxygen atoms in total. The molecule has 0 aliphatic carbocycles. The average Bonchev–Trinajstić information content (AvgIpc) is 2.43. The summed E-state index contributed by atoms with van der Waals surface area (Å²) in [6.07, 6.45) is 0.540. The van der Waals surface area contributed by atoms with Gasteiger partial charge in [0, 0.05) is 18.3 Å². The molecule has 0 saturated heterocycles. The lowest BCUT2D eigenvalue weighted by atomic mass is 10.0. The van der Waals surface area contributed by atoms with Crippen molar-refractivity contribution in [3.8, 4) is 0 Å². The fourth-order valence-corrected chi connectivity index (χ4v) is 2.47. The van der Waals surface area contributed by atoms with Gasteiger partial charge in [0.2, 0.25) is 0 Å². The quantitative estimate of drug-likeness (QED) is 0.901. The van der Waals surface area contributed by atoms with Gasteiger partial charge in [-0.1, -0.05) is 12.1 Å². The van der Waals surface area contributed by atoms with Gasteiger partial charge in [-0.2, -0.15) is 0 Å². The molecule has 0 saturated carbocycles. The fraction of sp³-hybridized carbons (Fsp3) is 0.294. The molecule has 2 rings (SSSR count). The van der Waals surface area contributed by atoms with E-state index in [1.807, 2.05) is 18.7 Å². The lowest BCUT2D eigenvalue weighted by Crippen LogP contribution is -2.23. The van der Waals surface area contributed by atoms with E-state index in [-0.39, 0.29) is 17.7 Å². The van der Waals surface area contributed by atoms with E-state index in [4.69, 9.17) is 5.73 Å². The van der Waals surface area contributed by atoms with Crippen LogP contribution in [0.5, 0.6) is 0 Å². The molecule has 0 aliphatic rings. The van der Waals surface area contributed by atoms with E-state index in [1.165, 1.54) is 18.2 Å². The van der Waals surface area contributed by atoms with Crippen LogP contribution in [0, 0.1) is 11.6 Å². The molecule has 21 heavy (non-hydrogen) atoms. The predicted octanol–water partition coefficient (Wildman–Crippen LogP) is 4.01. The van der Waals surface area contributed by atoms with E-state index in [2.05, 4.69) is 0 Å². The number of hydrogen-bond donors (Lipinski definition) is 1. The highest BCUT2D eigenvalue weighted by Gasteiger charge is 2.16. The molecule has 0 bridgehead atoms. The van der Waals surface area contributed by atoms with E-state index in [0.717, 1.165) is 11.3 Å². The molecule has 1 atom stereocenters. The number of halogens is 2. The van der Waals surface area contributed by atoms with E-state index >= 15 is 0 Å². The summed E-state index contributed by atoms with van der Waals surface area (Å²) in [5.41, 5.74) is 7.90. The van der Waals surface area contributed by atoms with Gasteiger partial charge in [-0.3, -0.25) is 0 Å². The first kappa shape index (κ1) is 15.4. The average molecular weight is 290 g/mol. The Morgan fingerprint density at radius 3 is 2.43 bits per heavy atom. The van der Waals surface area contributed by atoms with Crippen molar-refractivity contribution in [2.45, 2.75) is 26.3 Å². The summed E-state index contributed by atoms with van der Waals surface area (Å²) in [5, 5.41) is 0. The molecular weight excluding hydrogens is 270 g/mol. The van der Waals surface area contributed by atoms with Gasteiger partial charge in [0.15, 0.2) is 0 Å². The predicted molar refractivity (Wildman–Crippen MR) is 82.8 cm³/mol. The second-order valence-electron chi connectivity index (χ2n) is 5.15. The standard InChI is InChI=1S/C17H20F2N2/c1-3-21(17-7-5-4-6-15(17)19)16-9-8-14(18)11-13(16)10-12(2)20/h4-9,11-12H,3,10,20H2,1-2H3. The first-order valence-electron chi connectivity index (χ1n) is 7.09. The third-order valence-electron chi connectivity index (χ3n) is 3.33. The molecule has 0 aromatic heterocycles. The summed E-state index contributed by atoms with van der Waals surface area (Å²) < 4.78 is 27.6. The zero-order valence-electron chi connectivity index (χ0n) is 12.3. The highest BCUT2D eigenvalue weighted by molar-refractivity contribution is 5.67. The van der Waals surface area contributed by atoms with Crippen LogP contribution in [-0.4, -0.2) is 12.6 Å². The Morgan fingerprint density at radius 1 is 1.10 bits per heavy atom. The van der Waals surface area contributed by atoms with Gasteiger partial charge in [0.05, 0.1) is 5.69 Å². The molecule has 0 amide bonds. The summed E-state index contributed by atoms with van der Waals surface area (Å²) >= 11 is 0. The summed E-state index contributed by atoms with van der Waals surface area (Å²) in [4.78, 5) is 1.84. The molecule has 4 heteroatoms. The van der Waals surface area contributed by atoms with Crippen LogP contribution in [0.3, 0.4) is 0 Å². The first-order valence-corrected chi connectivity index (χ1v) is 7.09. The van der Waals surface area contributed by atoms with Gasteiger partial charge in [-0.25, -0.2) is 8.78 Å². The van der Waals surface area contributed by atoms with E-state index < -0.39 is 0 Å². The fourth-order valence-electron chi connectivity index (χ4n) is 2.47. The highest BCUT2D eigenvalue weighted by Crippen LogP contribution is 2.31. The molecule has 0 spiro atoms. The number of rotatable bonds is 5. The van der Waals surface area contributed by atoms with Crippen molar-refractivity contribution in [3.63, 3.8) is 0 Å². The maximum absolute atomic E-state index is 14.0. The molecule has 2 N–H and O–H groups in total. The highest BCUT2D eigenvalue weighted by atomic mass is 19.1. The molecule has 0 fully saturated rings. The minimum Gasteiger partial charge on any atom is -0.339 e. The number of anilines is 2. The van der Waals surface area contributed by atoms with E-state index in [0.29, 0.717) is 18.7 Å². The SMILES string of the molecule is CCN(c1ccccc1F)c1ccc(F)cc1CC(C)N. The van der Waals surface area contributed by atoms with Crippen molar-refractivity contribution in [2.24, 2.45) is 5.73 Å². The van der Waals surface area contributed by atoms with Crippen molar-refractivity contribution in [1.82, 2.24) is 0 Å². The lowest BCUT2D eigenvalue weighted by Gasteiger charge is -2.27. The van der Waals surface area contributed by atoms with Gasteiger partial charge in [-0.15, -0.1) is 0 Å². The molecular formula is C17H20F2N2. The van der Waals surface area contributed by atoms with Gasteiger partial charge in [-0.05, 0) is 56.2 Å². The Bertz CT molecular complexity index is 611. The van der Waals surface area contributed by atoms with Crippen molar-refractivity contribution in [3.05, 3.63) is 59.7 Å². The summed E-state index contributed by atoms with van der Waals surface area (Å²) in [6, 6.07) is 11.0. The molecule has 2 aromatic rings. The smallest absolute Gasteiger partial charge is 0.146 e. The largest absolute Gasteiger partial charge is 0.339 e. The Morgan fingerprint density at radius 2 is 1.81 bits per heavy atom. The lowest BCUT2D eigenvalue weighted by molar-refractivity contribution is 0.620. The minimum absolute atomic E-state index is 0.0927. The molecule has 1 unspecified atom stereocenters. The van der Waals surface area contributed by atoms with Crippen LogP contribution in [0.15, 0.2) is 42.5 Å². The molecule has 112 valence electrons. The normalized spacial score (nSPS) is 12.2. The van der Waals surface area contributed by atoms with Crippen LogP contribution in [0.2, 0.25) is 0 Å². The Balaban J connectivity index is 2.50. The summed E-state index contributed by atoms with van der Waals surface area (Å²) in [5.74, 6) is -0.602. The Hall–Kier alpha value is -1.94. The number of para-hydroxylation sites is 1. The summed E-state index contributed by atoms with van der Waals surface area (Å²) in [6.45, 7) is 4.39. The monoisotopic (exact) mass is 290 g/mol. The van der Waals surface area contributed by atoms with Gasteiger partial charge < -0.3 is 10.6 Å². The van der Waals surface area contributed by atoms with Gasteiger partial charge in [0.1, 0.15) is 11.6 Å². The maximum atomic E-state index is 14.0. The second-order valence-corrected chi connectivity index (χ2v) is 5.15. The summed E-state index contributed by atoms with van der Waals surface area (Å²) in [7, 11) is 0. The van der Waals surface area contributed by atoms with Crippen LogP contribution < -0.4 is 10.6 Å². The topological polar surface area (TPSA) is 29.3 Å².